The fraction of sp³-hybridized carbons (Fsp3) is 0.0769. The zero-order valence-corrected chi connectivity index (χ0v) is 10.1. The van der Waals surface area contributed by atoms with Crippen LogP contribution in [0.25, 0.3) is 0 Å². The van der Waals surface area contributed by atoms with E-state index in [1.807, 2.05) is 6.07 Å². The van der Waals surface area contributed by atoms with Crippen molar-refractivity contribution in [1.82, 2.24) is 0 Å². The zero-order chi connectivity index (χ0) is 13.0. The highest BCUT2D eigenvalue weighted by atomic mass is 32.1. The number of rotatable bonds is 4. The molecule has 18 heavy (non-hydrogen) atoms. The van der Waals surface area contributed by atoms with Gasteiger partial charge in [0.15, 0.2) is 4.88 Å². The maximum Gasteiger partial charge on any atom is 0.349 e. The van der Waals surface area contributed by atoms with Crippen LogP contribution in [0.1, 0.15) is 20.8 Å². The third-order valence-electron chi connectivity index (χ3n) is 2.34. The van der Waals surface area contributed by atoms with Crippen LogP contribution in [0.5, 0.6) is 5.75 Å². The monoisotopic (exact) mass is 259 g/mol. The first-order valence-corrected chi connectivity index (χ1v) is 6.02. The summed E-state index contributed by atoms with van der Waals surface area (Å²) in [6, 6.07) is 10.7. The standard InChI is InChI=1S/C13H9NO3S/c14-7-9-3-1-2-4-10(9)8-17-11-5-6-18-12(11)13(15)16/h1-6H,8H2,(H,15,16). The molecule has 90 valence electrons. The van der Waals surface area contributed by atoms with Crippen LogP contribution in [0, 0.1) is 11.3 Å². The van der Waals surface area contributed by atoms with Crippen LogP contribution in [0.3, 0.4) is 0 Å². The predicted molar refractivity (Wildman–Crippen MR) is 66.8 cm³/mol. The molecule has 2 rings (SSSR count). The fourth-order valence-corrected chi connectivity index (χ4v) is 2.15. The molecule has 0 radical (unpaired) electrons. The summed E-state index contributed by atoms with van der Waals surface area (Å²) in [7, 11) is 0. The number of nitriles is 1. The minimum absolute atomic E-state index is 0.171. The Morgan fingerprint density at radius 2 is 2.17 bits per heavy atom. The smallest absolute Gasteiger partial charge is 0.349 e. The summed E-state index contributed by atoms with van der Waals surface area (Å²) in [6.07, 6.45) is 0. The summed E-state index contributed by atoms with van der Waals surface area (Å²) < 4.78 is 5.45. The second kappa shape index (κ2) is 5.34. The van der Waals surface area contributed by atoms with Gasteiger partial charge in [-0.3, -0.25) is 0 Å². The Kier molecular flexibility index (Phi) is 3.60. The third kappa shape index (κ3) is 2.50. The van der Waals surface area contributed by atoms with Gasteiger partial charge in [0.1, 0.15) is 12.4 Å². The maximum absolute atomic E-state index is 10.9. The van der Waals surface area contributed by atoms with Crippen molar-refractivity contribution in [3.8, 4) is 11.8 Å². The van der Waals surface area contributed by atoms with Gasteiger partial charge in [-0.25, -0.2) is 4.79 Å². The number of hydrogen-bond acceptors (Lipinski definition) is 4. The third-order valence-corrected chi connectivity index (χ3v) is 3.23. The van der Waals surface area contributed by atoms with Gasteiger partial charge in [0.25, 0.3) is 0 Å². The van der Waals surface area contributed by atoms with Gasteiger partial charge in [0.2, 0.25) is 0 Å². The number of aromatic carboxylic acids is 1. The van der Waals surface area contributed by atoms with E-state index in [-0.39, 0.29) is 11.5 Å². The molecule has 1 aromatic carbocycles. The molecule has 0 fully saturated rings. The molecule has 2 aromatic rings. The van der Waals surface area contributed by atoms with E-state index in [0.29, 0.717) is 11.3 Å². The molecule has 0 atom stereocenters. The van der Waals surface area contributed by atoms with Crippen molar-refractivity contribution < 1.29 is 14.6 Å². The summed E-state index contributed by atoms with van der Waals surface area (Å²) in [6.45, 7) is 0.181. The van der Waals surface area contributed by atoms with Crippen molar-refractivity contribution in [1.29, 1.82) is 5.26 Å². The largest absolute Gasteiger partial charge is 0.487 e. The lowest BCUT2D eigenvalue weighted by atomic mass is 10.1. The topological polar surface area (TPSA) is 70.3 Å². The van der Waals surface area contributed by atoms with E-state index in [2.05, 4.69) is 6.07 Å². The predicted octanol–water partition coefficient (Wildman–Crippen LogP) is 2.90. The van der Waals surface area contributed by atoms with E-state index in [9.17, 15) is 4.79 Å². The number of hydrogen-bond donors (Lipinski definition) is 1. The van der Waals surface area contributed by atoms with Crippen LogP contribution in [-0.2, 0) is 6.61 Å². The molecular weight excluding hydrogens is 250 g/mol. The molecule has 1 aromatic heterocycles. The molecule has 0 saturated heterocycles. The summed E-state index contributed by atoms with van der Waals surface area (Å²) in [5, 5.41) is 19.5. The fourth-order valence-electron chi connectivity index (χ4n) is 1.48. The Morgan fingerprint density at radius 1 is 1.39 bits per heavy atom. The summed E-state index contributed by atoms with van der Waals surface area (Å²) >= 11 is 1.11. The van der Waals surface area contributed by atoms with E-state index in [0.717, 1.165) is 16.9 Å². The molecular formula is C13H9NO3S. The lowest BCUT2D eigenvalue weighted by Gasteiger charge is -2.06. The van der Waals surface area contributed by atoms with Crippen LogP contribution in [0.2, 0.25) is 0 Å². The molecule has 0 saturated carbocycles. The Bertz CT molecular complexity index is 613. The number of carboxylic acids is 1. The van der Waals surface area contributed by atoms with Crippen LogP contribution in [0.15, 0.2) is 35.7 Å². The van der Waals surface area contributed by atoms with Crippen LogP contribution in [0.4, 0.5) is 0 Å². The van der Waals surface area contributed by atoms with Crippen molar-refractivity contribution in [2.24, 2.45) is 0 Å². The van der Waals surface area contributed by atoms with Gasteiger partial charge in [-0.2, -0.15) is 5.26 Å². The highest BCUT2D eigenvalue weighted by molar-refractivity contribution is 7.12. The lowest BCUT2D eigenvalue weighted by molar-refractivity contribution is 0.0697. The summed E-state index contributed by atoms with van der Waals surface area (Å²) in [4.78, 5) is 11.1. The van der Waals surface area contributed by atoms with Gasteiger partial charge in [-0.15, -0.1) is 11.3 Å². The van der Waals surface area contributed by atoms with Crippen molar-refractivity contribution in [2.45, 2.75) is 6.61 Å². The SMILES string of the molecule is N#Cc1ccccc1COc1ccsc1C(=O)O. The van der Waals surface area contributed by atoms with Gasteiger partial charge in [0.05, 0.1) is 11.6 Å². The molecule has 0 amide bonds. The van der Waals surface area contributed by atoms with E-state index in [1.54, 1.807) is 29.6 Å². The molecule has 0 aliphatic rings. The Balaban J connectivity index is 2.15. The van der Waals surface area contributed by atoms with Gasteiger partial charge in [-0.1, -0.05) is 18.2 Å². The quantitative estimate of drug-likeness (QED) is 0.916. The maximum atomic E-state index is 10.9. The van der Waals surface area contributed by atoms with Crippen molar-refractivity contribution in [3.05, 3.63) is 51.7 Å². The average molecular weight is 259 g/mol. The Labute approximate surface area is 108 Å². The van der Waals surface area contributed by atoms with Crippen molar-refractivity contribution in [3.63, 3.8) is 0 Å². The first-order chi connectivity index (χ1) is 8.72. The van der Waals surface area contributed by atoms with E-state index >= 15 is 0 Å². The number of ether oxygens (including phenoxy) is 1. The second-order valence-electron chi connectivity index (χ2n) is 3.48. The molecule has 1 heterocycles. The molecule has 0 spiro atoms. The molecule has 0 aliphatic heterocycles. The number of thiophene rings is 1. The van der Waals surface area contributed by atoms with Gasteiger partial charge >= 0.3 is 5.97 Å². The van der Waals surface area contributed by atoms with Gasteiger partial charge in [-0.05, 0) is 17.5 Å². The Hall–Kier alpha value is -2.32. The number of carboxylic acid groups (broad SMARTS) is 1. The van der Waals surface area contributed by atoms with Crippen LogP contribution < -0.4 is 4.74 Å². The minimum atomic E-state index is -1.01. The van der Waals surface area contributed by atoms with E-state index in [1.165, 1.54) is 0 Å². The van der Waals surface area contributed by atoms with Crippen molar-refractivity contribution in [2.75, 3.05) is 0 Å². The molecule has 0 bridgehead atoms. The first kappa shape index (κ1) is 12.1. The van der Waals surface area contributed by atoms with E-state index < -0.39 is 5.97 Å². The summed E-state index contributed by atoms with van der Waals surface area (Å²) in [5.41, 5.74) is 1.27. The lowest BCUT2D eigenvalue weighted by Crippen LogP contribution is -2.01. The van der Waals surface area contributed by atoms with Gasteiger partial charge in [0, 0.05) is 5.56 Å². The molecule has 0 unspecified atom stereocenters. The molecule has 0 aliphatic carbocycles. The average Bonchev–Trinajstić information content (AvgIpc) is 2.85. The molecule has 1 N–H and O–H groups in total. The zero-order valence-electron chi connectivity index (χ0n) is 9.29. The van der Waals surface area contributed by atoms with Crippen LogP contribution >= 0.6 is 11.3 Å². The minimum Gasteiger partial charge on any atom is -0.487 e. The number of benzene rings is 1. The Morgan fingerprint density at radius 3 is 2.89 bits per heavy atom. The van der Waals surface area contributed by atoms with Crippen LogP contribution in [-0.4, -0.2) is 11.1 Å². The summed E-state index contributed by atoms with van der Waals surface area (Å²) in [5.74, 6) is -0.672. The second-order valence-corrected chi connectivity index (χ2v) is 4.39. The normalized spacial score (nSPS) is 9.72. The van der Waals surface area contributed by atoms with Gasteiger partial charge < -0.3 is 9.84 Å². The highest BCUT2D eigenvalue weighted by Crippen LogP contribution is 2.25. The number of nitrogens with zero attached hydrogens (tertiary/aromatic N) is 1. The molecule has 4 nitrogen and oxygen atoms in total. The first-order valence-electron chi connectivity index (χ1n) is 5.14. The highest BCUT2D eigenvalue weighted by Gasteiger charge is 2.13. The number of carbonyl (C=O) groups is 1. The van der Waals surface area contributed by atoms with Crippen molar-refractivity contribution >= 4 is 17.3 Å². The van der Waals surface area contributed by atoms with E-state index in [4.69, 9.17) is 15.1 Å². The molecule has 5 heteroatoms.